The lowest BCUT2D eigenvalue weighted by Crippen LogP contribution is -2.44. The second kappa shape index (κ2) is 6.86. The summed E-state index contributed by atoms with van der Waals surface area (Å²) < 4.78 is 29.3. The summed E-state index contributed by atoms with van der Waals surface area (Å²) >= 11 is 11.6. The zero-order chi connectivity index (χ0) is 18.2. The van der Waals surface area contributed by atoms with Gasteiger partial charge in [0.2, 0.25) is 5.67 Å². The third-order valence-corrected chi connectivity index (χ3v) is 4.79. The molecule has 1 amide bonds. The molecule has 0 fully saturated rings. The monoisotopic (exact) mass is 386 g/mol. The molecule has 2 atom stereocenters. The summed E-state index contributed by atoms with van der Waals surface area (Å²) in [5.41, 5.74) is -2.17. The van der Waals surface area contributed by atoms with Crippen molar-refractivity contribution >= 4 is 29.1 Å². The largest absolute Gasteiger partial charge is 0.387 e. The number of halogens is 4. The van der Waals surface area contributed by atoms with E-state index in [-0.39, 0.29) is 46.3 Å². The summed E-state index contributed by atoms with van der Waals surface area (Å²) in [5.74, 6) is -1.62. The molecule has 1 aromatic carbocycles. The lowest BCUT2D eigenvalue weighted by Gasteiger charge is -2.32. The Bertz CT molecular complexity index is 811. The second-order valence-corrected chi connectivity index (χ2v) is 6.67. The summed E-state index contributed by atoms with van der Waals surface area (Å²) in [6, 6.07) is 5.32. The van der Waals surface area contributed by atoms with Crippen molar-refractivity contribution in [2.45, 2.75) is 31.2 Å². The summed E-state index contributed by atoms with van der Waals surface area (Å²) in [7, 11) is 0. The van der Waals surface area contributed by atoms with Gasteiger partial charge in [-0.1, -0.05) is 29.3 Å². The zero-order valence-corrected chi connectivity index (χ0v) is 14.4. The molecule has 25 heavy (non-hydrogen) atoms. The Hall–Kier alpha value is -1.76. The normalized spacial score (nSPS) is 22.4. The van der Waals surface area contributed by atoms with Gasteiger partial charge >= 0.3 is 0 Å². The molecule has 1 aliphatic rings. The number of hydrogen-bond acceptors (Lipinski definition) is 3. The Labute approximate surface area is 152 Å². The van der Waals surface area contributed by atoms with E-state index in [4.69, 9.17) is 23.2 Å². The average Bonchev–Trinajstić information content (AvgIpc) is 2.57. The van der Waals surface area contributed by atoms with E-state index < -0.39 is 23.5 Å². The minimum Gasteiger partial charge on any atom is -0.387 e. The number of carbonyl (C=O) groups excluding carboxylic acids is 1. The number of hydrogen-bond donors (Lipinski definition) is 2. The molecule has 0 aliphatic heterocycles. The number of aromatic nitrogens is 1. The molecule has 1 heterocycles. The number of nitrogens with zero attached hydrogens (tertiary/aromatic N) is 1. The molecule has 0 radical (unpaired) electrons. The number of fused-ring (bicyclic) bond motifs is 1. The highest BCUT2D eigenvalue weighted by Gasteiger charge is 2.46. The van der Waals surface area contributed by atoms with Crippen molar-refractivity contribution in [2.24, 2.45) is 0 Å². The van der Waals surface area contributed by atoms with Gasteiger partial charge in [0.25, 0.3) is 5.91 Å². The van der Waals surface area contributed by atoms with Gasteiger partial charge in [0.05, 0.1) is 11.8 Å². The van der Waals surface area contributed by atoms with Crippen molar-refractivity contribution in [3.63, 3.8) is 0 Å². The van der Waals surface area contributed by atoms with Crippen LogP contribution in [0.4, 0.5) is 8.78 Å². The van der Waals surface area contributed by atoms with Crippen molar-refractivity contribution in [3.8, 4) is 0 Å². The summed E-state index contributed by atoms with van der Waals surface area (Å²) in [6.07, 6.45) is 0.365. The number of nitrogens with one attached hydrogen (secondary N) is 1. The number of aliphatic hydroxyl groups excluding tert-OH is 1. The lowest BCUT2D eigenvalue weighted by atomic mass is 9.81. The highest BCUT2D eigenvalue weighted by molar-refractivity contribution is 6.35. The van der Waals surface area contributed by atoms with Gasteiger partial charge in [-0.15, -0.1) is 0 Å². The Kier molecular flexibility index (Phi) is 4.95. The van der Waals surface area contributed by atoms with Crippen molar-refractivity contribution < 1.29 is 18.7 Å². The highest BCUT2D eigenvalue weighted by Crippen LogP contribution is 2.42. The van der Waals surface area contributed by atoms with E-state index in [1.54, 1.807) is 0 Å². The first-order chi connectivity index (χ1) is 11.8. The molecule has 1 aromatic heterocycles. The van der Waals surface area contributed by atoms with Gasteiger partial charge in [-0.25, -0.2) is 8.78 Å². The molecule has 0 saturated heterocycles. The smallest absolute Gasteiger partial charge is 0.262 e. The molecule has 2 N–H and O–H groups in total. The van der Waals surface area contributed by atoms with Gasteiger partial charge < -0.3 is 10.4 Å². The average molecular weight is 387 g/mol. The van der Waals surface area contributed by atoms with Crippen LogP contribution in [0.25, 0.3) is 0 Å². The molecule has 3 rings (SSSR count). The number of benzene rings is 1. The van der Waals surface area contributed by atoms with Gasteiger partial charge in [-0.3, -0.25) is 9.78 Å². The third-order valence-electron chi connectivity index (χ3n) is 4.23. The molecule has 132 valence electrons. The van der Waals surface area contributed by atoms with Crippen molar-refractivity contribution in [2.75, 3.05) is 0 Å². The second-order valence-electron chi connectivity index (χ2n) is 5.82. The Morgan fingerprint density at radius 1 is 1.44 bits per heavy atom. The SMILES string of the molecule is O=C(NCc1c(F)cc(Cl)cc1Cl)[C@]1(F)CC[C@@H](O)c2ncccc21. The molecular formula is C17H14Cl2F2N2O2. The number of aliphatic hydroxyl groups is 1. The van der Waals surface area contributed by atoms with Gasteiger partial charge in [0.15, 0.2) is 0 Å². The third kappa shape index (κ3) is 3.34. The van der Waals surface area contributed by atoms with E-state index in [9.17, 15) is 14.3 Å². The van der Waals surface area contributed by atoms with Crippen LogP contribution in [0.3, 0.4) is 0 Å². The van der Waals surface area contributed by atoms with Crippen molar-refractivity contribution in [1.82, 2.24) is 10.3 Å². The van der Waals surface area contributed by atoms with Crippen LogP contribution >= 0.6 is 23.2 Å². The first-order valence-corrected chi connectivity index (χ1v) is 8.32. The van der Waals surface area contributed by atoms with Crippen LogP contribution in [-0.2, 0) is 17.0 Å². The molecule has 0 bridgehead atoms. The van der Waals surface area contributed by atoms with Crippen LogP contribution < -0.4 is 5.32 Å². The minimum atomic E-state index is -2.35. The Morgan fingerprint density at radius 3 is 2.92 bits per heavy atom. The summed E-state index contributed by atoms with van der Waals surface area (Å²) in [4.78, 5) is 16.4. The van der Waals surface area contributed by atoms with Crippen LogP contribution in [0, 0.1) is 5.82 Å². The first-order valence-electron chi connectivity index (χ1n) is 7.57. The minimum absolute atomic E-state index is 0.0188. The zero-order valence-electron chi connectivity index (χ0n) is 12.9. The van der Waals surface area contributed by atoms with E-state index >= 15 is 4.39 Å². The molecular weight excluding hydrogens is 373 g/mol. The summed E-state index contributed by atoms with van der Waals surface area (Å²) in [5, 5.41) is 12.5. The van der Waals surface area contributed by atoms with Crippen LogP contribution in [0.1, 0.15) is 35.8 Å². The van der Waals surface area contributed by atoms with Gasteiger partial charge in [0, 0.05) is 33.9 Å². The maximum Gasteiger partial charge on any atom is 0.262 e. The van der Waals surface area contributed by atoms with E-state index in [0.717, 1.165) is 6.07 Å². The van der Waals surface area contributed by atoms with Crippen LogP contribution in [0.2, 0.25) is 10.0 Å². The molecule has 0 saturated carbocycles. The maximum atomic E-state index is 15.4. The first kappa shape index (κ1) is 18.0. The quantitative estimate of drug-likeness (QED) is 0.842. The molecule has 4 nitrogen and oxygen atoms in total. The number of amides is 1. The standard InChI is InChI=1S/C17H14Cl2F2N2O2/c18-9-6-12(19)10(13(20)7-9)8-23-16(25)17(21)4-3-14(24)15-11(17)2-1-5-22-15/h1-2,5-7,14,24H,3-4,8H2,(H,23,25)/t14-,17+/m1/s1. The van der Waals surface area contributed by atoms with Crippen molar-refractivity contribution in [1.29, 1.82) is 0 Å². The molecule has 1 aliphatic carbocycles. The van der Waals surface area contributed by atoms with E-state index in [1.165, 1.54) is 24.4 Å². The summed E-state index contributed by atoms with van der Waals surface area (Å²) in [6.45, 7) is -0.287. The van der Waals surface area contributed by atoms with Crippen LogP contribution in [0.15, 0.2) is 30.5 Å². The predicted octanol–water partition coefficient (Wildman–Crippen LogP) is 3.84. The topological polar surface area (TPSA) is 62.2 Å². The van der Waals surface area contributed by atoms with Gasteiger partial charge in [-0.2, -0.15) is 0 Å². The van der Waals surface area contributed by atoms with Gasteiger partial charge in [0.1, 0.15) is 5.82 Å². The van der Waals surface area contributed by atoms with Crippen LogP contribution in [-0.4, -0.2) is 16.0 Å². The Balaban J connectivity index is 1.84. The molecule has 0 spiro atoms. The van der Waals surface area contributed by atoms with E-state index in [1.807, 2.05) is 0 Å². The predicted molar refractivity (Wildman–Crippen MR) is 89.5 cm³/mol. The van der Waals surface area contributed by atoms with E-state index in [2.05, 4.69) is 10.3 Å². The molecule has 0 unspecified atom stereocenters. The number of alkyl halides is 1. The molecule has 2 aromatic rings. The fourth-order valence-electron chi connectivity index (χ4n) is 2.91. The number of pyridine rings is 1. The van der Waals surface area contributed by atoms with E-state index in [0.29, 0.717) is 0 Å². The van der Waals surface area contributed by atoms with Crippen molar-refractivity contribution in [3.05, 3.63) is 63.1 Å². The maximum absolute atomic E-state index is 15.4. The highest BCUT2D eigenvalue weighted by atomic mass is 35.5. The van der Waals surface area contributed by atoms with Crippen LogP contribution in [0.5, 0.6) is 0 Å². The Morgan fingerprint density at radius 2 is 2.20 bits per heavy atom. The molecule has 8 heteroatoms. The van der Waals surface area contributed by atoms with Gasteiger partial charge in [-0.05, 0) is 31.0 Å². The lowest BCUT2D eigenvalue weighted by molar-refractivity contribution is -0.135. The number of carbonyl (C=O) groups is 1. The fraction of sp³-hybridized carbons (Fsp3) is 0.294. The fourth-order valence-corrected chi connectivity index (χ4v) is 3.45. The number of rotatable bonds is 3.